The van der Waals surface area contributed by atoms with E-state index in [1.807, 2.05) is 0 Å². The Morgan fingerprint density at radius 2 is 1.00 bits per heavy atom. The normalized spacial score (nSPS) is 11.0. The van der Waals surface area contributed by atoms with Crippen LogP contribution in [0.15, 0.2) is 97.1 Å². The maximum atomic E-state index is 13.9. The molecule has 0 radical (unpaired) electrons. The first kappa shape index (κ1) is 23.8. The molecule has 35 heavy (non-hydrogen) atoms. The van der Waals surface area contributed by atoms with Crippen molar-refractivity contribution in [3.8, 4) is 0 Å². The number of hydrogen-bond acceptors (Lipinski definition) is 5. The molecule has 0 saturated carbocycles. The van der Waals surface area contributed by atoms with E-state index >= 15 is 0 Å². The zero-order chi connectivity index (χ0) is 25.0. The van der Waals surface area contributed by atoms with Gasteiger partial charge in [-0.1, -0.05) is 24.3 Å². The minimum atomic E-state index is -3.03. The van der Waals surface area contributed by atoms with E-state index in [0.29, 0.717) is 44.5 Å². The third-order valence-corrected chi connectivity index (χ3v) is 8.07. The third kappa shape index (κ3) is 5.60. The number of hydrogen-bond donors (Lipinski definition) is 4. The molecule has 0 aliphatic carbocycles. The van der Waals surface area contributed by atoms with E-state index in [9.17, 15) is 14.2 Å². The Morgan fingerprint density at radius 3 is 1.37 bits per heavy atom. The highest BCUT2D eigenvalue weighted by molar-refractivity contribution is 7.78. The Balaban J connectivity index is 1.54. The highest BCUT2D eigenvalue weighted by Gasteiger charge is 2.22. The molecular weight excluding hydrogens is 459 g/mol. The van der Waals surface area contributed by atoms with Gasteiger partial charge in [-0.05, 0) is 79.5 Å². The molecule has 4 rings (SSSR count). The van der Waals surface area contributed by atoms with Gasteiger partial charge in [0.1, 0.15) is 7.14 Å². The summed E-state index contributed by atoms with van der Waals surface area (Å²) in [6.45, 7) is 1.66. The number of anilines is 4. The molecule has 0 heterocycles. The van der Waals surface area contributed by atoms with Gasteiger partial charge in [0.2, 0.25) is 0 Å². The van der Waals surface area contributed by atoms with Crippen LogP contribution in [0.25, 0.3) is 0 Å². The molecule has 0 fully saturated rings. The average molecular weight is 484 g/mol. The number of nitrogens with one attached hydrogen (secondary N) is 2. The van der Waals surface area contributed by atoms with Gasteiger partial charge in [0.15, 0.2) is 0 Å². The van der Waals surface area contributed by atoms with Crippen molar-refractivity contribution in [1.82, 2.24) is 0 Å². The molecule has 0 aromatic heterocycles. The number of nitrogen functional groups attached to an aromatic ring is 2. The molecule has 7 nitrogen and oxygen atoms in total. The maximum absolute atomic E-state index is 13.9. The smallest absolute Gasteiger partial charge is 0.255 e. The molecule has 0 bridgehead atoms. The number of rotatable bonds is 6. The van der Waals surface area contributed by atoms with Gasteiger partial charge in [-0.2, -0.15) is 0 Å². The van der Waals surface area contributed by atoms with Crippen LogP contribution < -0.4 is 32.7 Å². The first-order valence-corrected chi connectivity index (χ1v) is 13.0. The molecule has 0 saturated heterocycles. The van der Waals surface area contributed by atoms with Crippen molar-refractivity contribution >= 4 is 52.3 Å². The fourth-order valence-electron chi connectivity index (χ4n) is 3.52. The number of carbonyl (C=O) groups excluding carboxylic acids is 2. The van der Waals surface area contributed by atoms with Crippen molar-refractivity contribution in [2.75, 3.05) is 28.8 Å². The quantitative estimate of drug-likeness (QED) is 0.240. The Kier molecular flexibility index (Phi) is 6.71. The van der Waals surface area contributed by atoms with E-state index in [1.165, 1.54) is 0 Å². The van der Waals surface area contributed by atoms with Crippen molar-refractivity contribution < 1.29 is 14.2 Å². The molecule has 4 aromatic rings. The summed E-state index contributed by atoms with van der Waals surface area (Å²) < 4.78 is 13.9. The second kappa shape index (κ2) is 9.87. The van der Waals surface area contributed by atoms with Crippen molar-refractivity contribution in [3.63, 3.8) is 0 Å². The molecule has 0 atom stereocenters. The first-order valence-electron chi connectivity index (χ1n) is 10.8. The molecule has 0 unspecified atom stereocenters. The summed E-state index contributed by atoms with van der Waals surface area (Å²) in [6, 6.07) is 27.1. The standard InChI is InChI=1S/C27H25N4O3P/c1-35(34,24-6-2-4-22(16-24)30-26(32)18-8-12-20(28)13-9-18)25-7-3-5-23(17-25)31-27(33)19-10-14-21(29)15-11-19/h2-17H,28-29H2,1H3,(H,30,32)(H,31,33). The van der Waals surface area contributed by atoms with E-state index in [1.54, 1.807) is 104 Å². The minimum absolute atomic E-state index is 0.291. The largest absolute Gasteiger partial charge is 0.399 e. The molecule has 6 N–H and O–H groups in total. The molecule has 4 aromatic carbocycles. The van der Waals surface area contributed by atoms with Gasteiger partial charge >= 0.3 is 0 Å². The number of benzene rings is 4. The minimum Gasteiger partial charge on any atom is -0.399 e. The van der Waals surface area contributed by atoms with Crippen molar-refractivity contribution in [2.24, 2.45) is 0 Å². The molecule has 0 aliphatic heterocycles. The number of carbonyl (C=O) groups is 2. The molecule has 8 heteroatoms. The molecule has 0 spiro atoms. The predicted molar refractivity (Wildman–Crippen MR) is 143 cm³/mol. The zero-order valence-corrected chi connectivity index (χ0v) is 20.0. The summed E-state index contributed by atoms with van der Waals surface area (Å²) in [5.41, 5.74) is 14.5. The van der Waals surface area contributed by atoms with Gasteiger partial charge < -0.3 is 26.7 Å². The Labute approximate surface area is 203 Å². The van der Waals surface area contributed by atoms with E-state index in [-0.39, 0.29) is 11.8 Å². The second-order valence-corrected chi connectivity index (χ2v) is 11.1. The summed E-state index contributed by atoms with van der Waals surface area (Å²) in [7, 11) is -3.03. The SMILES string of the molecule is CP(=O)(c1cccc(NC(=O)c2ccc(N)cc2)c1)c1cccc(NC(=O)c2ccc(N)cc2)c1. The van der Waals surface area contributed by atoms with Crippen LogP contribution in [0.3, 0.4) is 0 Å². The maximum Gasteiger partial charge on any atom is 0.255 e. The zero-order valence-electron chi connectivity index (χ0n) is 19.1. The summed E-state index contributed by atoms with van der Waals surface area (Å²) in [5.74, 6) is -0.582. The van der Waals surface area contributed by atoms with Crippen LogP contribution in [0.5, 0.6) is 0 Å². The van der Waals surface area contributed by atoms with Crippen molar-refractivity contribution in [1.29, 1.82) is 0 Å². The Morgan fingerprint density at radius 1 is 0.629 bits per heavy atom. The van der Waals surface area contributed by atoms with Gasteiger partial charge in [0.25, 0.3) is 11.8 Å². The van der Waals surface area contributed by atoms with Gasteiger partial charge in [0, 0.05) is 44.5 Å². The molecule has 0 aliphatic rings. The topological polar surface area (TPSA) is 127 Å². The molecular formula is C27H25N4O3P. The van der Waals surface area contributed by atoms with Crippen LogP contribution >= 0.6 is 7.14 Å². The summed E-state index contributed by atoms with van der Waals surface area (Å²) in [4.78, 5) is 25.1. The van der Waals surface area contributed by atoms with Crippen molar-refractivity contribution in [2.45, 2.75) is 0 Å². The molecule has 176 valence electrons. The van der Waals surface area contributed by atoms with E-state index < -0.39 is 7.14 Å². The Hall–Kier alpha value is -4.35. The third-order valence-electron chi connectivity index (χ3n) is 5.54. The summed E-state index contributed by atoms with van der Waals surface area (Å²) in [6.07, 6.45) is 0. The van der Waals surface area contributed by atoms with Crippen LogP contribution in [0.1, 0.15) is 20.7 Å². The highest BCUT2D eigenvalue weighted by Crippen LogP contribution is 2.40. The van der Waals surface area contributed by atoms with Crippen molar-refractivity contribution in [3.05, 3.63) is 108 Å². The fourth-order valence-corrected chi connectivity index (χ4v) is 5.33. The van der Waals surface area contributed by atoms with E-state index in [2.05, 4.69) is 10.6 Å². The summed E-state index contributed by atoms with van der Waals surface area (Å²) in [5, 5.41) is 6.83. The predicted octanol–water partition coefficient (Wildman–Crippen LogP) is 4.30. The lowest BCUT2D eigenvalue weighted by molar-refractivity contribution is 0.101. The number of nitrogens with two attached hydrogens (primary N) is 2. The van der Waals surface area contributed by atoms with Gasteiger partial charge in [-0.15, -0.1) is 0 Å². The van der Waals surface area contributed by atoms with E-state index in [4.69, 9.17) is 11.5 Å². The number of amides is 2. The van der Waals surface area contributed by atoms with Gasteiger partial charge in [-0.3, -0.25) is 9.59 Å². The van der Waals surface area contributed by atoms with Crippen LogP contribution in [0.4, 0.5) is 22.7 Å². The van der Waals surface area contributed by atoms with E-state index in [0.717, 1.165) is 0 Å². The molecule has 2 amide bonds. The lowest BCUT2D eigenvalue weighted by atomic mass is 10.2. The first-order chi connectivity index (χ1) is 16.7. The average Bonchev–Trinajstić information content (AvgIpc) is 2.85. The monoisotopic (exact) mass is 484 g/mol. The van der Waals surface area contributed by atoms with Crippen LogP contribution in [-0.4, -0.2) is 18.5 Å². The summed E-state index contributed by atoms with van der Waals surface area (Å²) >= 11 is 0. The highest BCUT2D eigenvalue weighted by atomic mass is 31.2. The van der Waals surface area contributed by atoms with Crippen LogP contribution in [-0.2, 0) is 4.57 Å². The van der Waals surface area contributed by atoms with Gasteiger partial charge in [0.05, 0.1) is 0 Å². The fraction of sp³-hybridized carbons (Fsp3) is 0.0370. The lowest BCUT2D eigenvalue weighted by Gasteiger charge is -2.17. The van der Waals surface area contributed by atoms with Crippen LogP contribution in [0, 0.1) is 0 Å². The lowest BCUT2D eigenvalue weighted by Crippen LogP contribution is -2.19. The second-order valence-electron chi connectivity index (χ2n) is 8.18. The Bertz CT molecular complexity index is 1330. The van der Waals surface area contributed by atoms with Gasteiger partial charge in [-0.25, -0.2) is 0 Å². The van der Waals surface area contributed by atoms with Crippen LogP contribution in [0.2, 0.25) is 0 Å².